The second-order valence-electron chi connectivity index (χ2n) is 6.31. The number of nitrogens with two attached hydrogens (primary N) is 1. The van der Waals surface area contributed by atoms with Crippen molar-refractivity contribution < 1.29 is 4.74 Å². The van der Waals surface area contributed by atoms with Crippen molar-refractivity contribution in [3.63, 3.8) is 0 Å². The summed E-state index contributed by atoms with van der Waals surface area (Å²) in [5.74, 6) is 3.86. The first-order valence-electron chi connectivity index (χ1n) is 7.43. The van der Waals surface area contributed by atoms with E-state index in [4.69, 9.17) is 15.5 Å². The van der Waals surface area contributed by atoms with Crippen LogP contribution in [0.1, 0.15) is 26.2 Å². The number of thioether (sulfide) groups is 1. The topological polar surface area (TPSA) is 50.8 Å². The van der Waals surface area contributed by atoms with Crippen LogP contribution in [0.5, 0.6) is 0 Å². The first-order valence-corrected chi connectivity index (χ1v) is 8.59. The van der Waals surface area contributed by atoms with Crippen LogP contribution >= 0.6 is 35.7 Å². The molecule has 0 spiro atoms. The molecule has 3 fully saturated rings. The maximum atomic E-state index is 6.15. The SMILES string of the molecule is CC1(CN=C(N)N2CCSCC2)CCOC1C1CC1.I. The van der Waals surface area contributed by atoms with Gasteiger partial charge >= 0.3 is 0 Å². The van der Waals surface area contributed by atoms with E-state index in [0.717, 1.165) is 44.5 Å². The molecule has 2 heterocycles. The van der Waals surface area contributed by atoms with E-state index in [0.29, 0.717) is 6.10 Å². The van der Waals surface area contributed by atoms with Crippen molar-refractivity contribution in [3.05, 3.63) is 0 Å². The number of hydrogen-bond acceptors (Lipinski definition) is 3. The van der Waals surface area contributed by atoms with E-state index in [1.807, 2.05) is 11.8 Å². The fourth-order valence-electron chi connectivity index (χ4n) is 3.19. The van der Waals surface area contributed by atoms with Crippen LogP contribution in [0.3, 0.4) is 0 Å². The minimum Gasteiger partial charge on any atom is -0.377 e. The average Bonchev–Trinajstić information content (AvgIpc) is 3.21. The van der Waals surface area contributed by atoms with E-state index in [-0.39, 0.29) is 29.4 Å². The molecular weight excluding hydrogens is 385 g/mol. The van der Waals surface area contributed by atoms with E-state index in [9.17, 15) is 0 Å². The monoisotopic (exact) mass is 411 g/mol. The van der Waals surface area contributed by atoms with Crippen LogP contribution < -0.4 is 5.73 Å². The van der Waals surface area contributed by atoms with Gasteiger partial charge in [-0.3, -0.25) is 4.99 Å². The molecular formula is C14H26IN3OS. The van der Waals surface area contributed by atoms with E-state index >= 15 is 0 Å². The van der Waals surface area contributed by atoms with Crippen LogP contribution in [0.4, 0.5) is 0 Å². The summed E-state index contributed by atoms with van der Waals surface area (Å²) >= 11 is 2.00. The van der Waals surface area contributed by atoms with Gasteiger partial charge in [-0.05, 0) is 25.2 Å². The molecule has 2 N–H and O–H groups in total. The third-order valence-corrected chi connectivity index (χ3v) is 5.59. The average molecular weight is 411 g/mol. The van der Waals surface area contributed by atoms with Crippen molar-refractivity contribution in [1.29, 1.82) is 0 Å². The highest BCUT2D eigenvalue weighted by Crippen LogP contribution is 2.47. The van der Waals surface area contributed by atoms with Crippen molar-refractivity contribution in [1.82, 2.24) is 4.90 Å². The lowest BCUT2D eigenvalue weighted by Crippen LogP contribution is -2.43. The molecule has 4 nitrogen and oxygen atoms in total. The van der Waals surface area contributed by atoms with Gasteiger partial charge in [-0.2, -0.15) is 11.8 Å². The molecule has 0 aromatic rings. The molecule has 0 aromatic carbocycles. The second-order valence-corrected chi connectivity index (χ2v) is 7.53. The van der Waals surface area contributed by atoms with Gasteiger partial charge in [-0.15, -0.1) is 24.0 Å². The van der Waals surface area contributed by atoms with Crippen LogP contribution in [0.2, 0.25) is 0 Å². The zero-order chi connectivity index (χ0) is 13.3. The molecule has 6 heteroatoms. The number of hydrogen-bond donors (Lipinski definition) is 1. The summed E-state index contributed by atoms with van der Waals surface area (Å²) in [6.07, 6.45) is 4.22. The summed E-state index contributed by atoms with van der Waals surface area (Å²) < 4.78 is 5.94. The Balaban J connectivity index is 0.00000147. The fraction of sp³-hybridized carbons (Fsp3) is 0.929. The van der Waals surface area contributed by atoms with Crippen LogP contribution in [0, 0.1) is 11.3 Å². The lowest BCUT2D eigenvalue weighted by Gasteiger charge is -2.31. The third kappa shape index (κ3) is 3.74. The number of nitrogens with zero attached hydrogens (tertiary/aromatic N) is 2. The Hall–Kier alpha value is 0.310. The minimum absolute atomic E-state index is 0. The molecule has 3 rings (SSSR count). The Kier molecular flexibility index (Phi) is 5.88. The van der Waals surface area contributed by atoms with E-state index < -0.39 is 0 Å². The van der Waals surface area contributed by atoms with Crippen LogP contribution in [-0.4, -0.2) is 54.7 Å². The number of rotatable bonds is 3. The van der Waals surface area contributed by atoms with Gasteiger partial charge in [-0.1, -0.05) is 6.92 Å². The highest BCUT2D eigenvalue weighted by Gasteiger charge is 2.48. The quantitative estimate of drug-likeness (QED) is 0.440. The molecule has 0 aromatic heterocycles. The summed E-state index contributed by atoms with van der Waals surface area (Å²) in [7, 11) is 0. The van der Waals surface area contributed by atoms with Gasteiger partial charge in [0.15, 0.2) is 5.96 Å². The lowest BCUT2D eigenvalue weighted by molar-refractivity contribution is 0.0424. The first kappa shape index (κ1) is 16.7. The van der Waals surface area contributed by atoms with Gasteiger partial charge in [0.05, 0.1) is 12.6 Å². The molecule has 0 radical (unpaired) electrons. The lowest BCUT2D eigenvalue weighted by atomic mass is 9.81. The maximum absolute atomic E-state index is 6.15. The summed E-state index contributed by atoms with van der Waals surface area (Å²) in [6.45, 7) is 6.13. The van der Waals surface area contributed by atoms with Gasteiger partial charge in [0.1, 0.15) is 0 Å². The predicted octanol–water partition coefficient (Wildman–Crippen LogP) is 2.17. The molecule has 1 saturated carbocycles. The van der Waals surface area contributed by atoms with Crippen molar-refractivity contribution in [2.24, 2.45) is 22.1 Å². The number of aliphatic imine (C=N–C) groups is 1. The second kappa shape index (κ2) is 7.05. The molecule has 1 aliphatic carbocycles. The normalized spacial score (nSPS) is 35.0. The van der Waals surface area contributed by atoms with E-state index in [1.54, 1.807) is 0 Å². The Morgan fingerprint density at radius 3 is 2.75 bits per heavy atom. The van der Waals surface area contributed by atoms with E-state index in [2.05, 4.69) is 11.8 Å². The molecule has 2 aliphatic heterocycles. The molecule has 116 valence electrons. The van der Waals surface area contributed by atoms with E-state index in [1.165, 1.54) is 24.3 Å². The standard InChI is InChI=1S/C14H25N3OS.HI/c1-14(4-7-18-12(14)11-2-3-11)10-16-13(15)17-5-8-19-9-6-17;/h11-12H,2-10H2,1H3,(H2,15,16);1H. The molecule has 2 unspecified atom stereocenters. The van der Waals surface area contributed by atoms with Gasteiger partial charge < -0.3 is 15.4 Å². The Bertz CT molecular complexity index is 358. The summed E-state index contributed by atoms with van der Waals surface area (Å²) in [5, 5.41) is 0. The zero-order valence-corrected chi connectivity index (χ0v) is 15.4. The van der Waals surface area contributed by atoms with Crippen LogP contribution in [-0.2, 0) is 4.74 Å². The van der Waals surface area contributed by atoms with Crippen molar-refractivity contribution >= 4 is 41.7 Å². The molecule has 2 atom stereocenters. The molecule has 2 saturated heterocycles. The maximum Gasteiger partial charge on any atom is 0.191 e. The zero-order valence-electron chi connectivity index (χ0n) is 12.2. The molecule has 20 heavy (non-hydrogen) atoms. The van der Waals surface area contributed by atoms with Crippen LogP contribution in [0.15, 0.2) is 4.99 Å². The molecule has 0 amide bonds. The summed E-state index contributed by atoms with van der Waals surface area (Å²) in [4.78, 5) is 6.92. The Labute approximate surface area is 143 Å². The largest absolute Gasteiger partial charge is 0.377 e. The van der Waals surface area contributed by atoms with Crippen LogP contribution in [0.25, 0.3) is 0 Å². The molecule has 3 aliphatic rings. The number of ether oxygens (including phenoxy) is 1. The Morgan fingerprint density at radius 2 is 2.10 bits per heavy atom. The summed E-state index contributed by atoms with van der Waals surface area (Å²) in [6, 6.07) is 0. The third-order valence-electron chi connectivity index (χ3n) is 4.64. The van der Waals surface area contributed by atoms with Crippen molar-refractivity contribution in [2.45, 2.75) is 32.3 Å². The fourth-order valence-corrected chi connectivity index (χ4v) is 4.09. The van der Waals surface area contributed by atoms with Crippen molar-refractivity contribution in [2.75, 3.05) is 37.7 Å². The number of halogens is 1. The number of guanidine groups is 1. The smallest absolute Gasteiger partial charge is 0.191 e. The van der Waals surface area contributed by atoms with Gasteiger partial charge in [0, 0.05) is 36.6 Å². The van der Waals surface area contributed by atoms with Gasteiger partial charge in [0.25, 0.3) is 0 Å². The predicted molar refractivity (Wildman–Crippen MR) is 96.0 cm³/mol. The van der Waals surface area contributed by atoms with Crippen molar-refractivity contribution in [3.8, 4) is 0 Å². The minimum atomic E-state index is 0. The molecule has 0 bridgehead atoms. The highest BCUT2D eigenvalue weighted by molar-refractivity contribution is 14.0. The van der Waals surface area contributed by atoms with Gasteiger partial charge in [-0.25, -0.2) is 0 Å². The highest BCUT2D eigenvalue weighted by atomic mass is 127. The Morgan fingerprint density at radius 1 is 1.40 bits per heavy atom. The van der Waals surface area contributed by atoms with Gasteiger partial charge in [0.2, 0.25) is 0 Å². The first-order chi connectivity index (χ1) is 9.19. The summed E-state index contributed by atoms with van der Waals surface area (Å²) in [5.41, 5.74) is 6.35.